The van der Waals surface area contributed by atoms with Crippen molar-refractivity contribution in [1.29, 1.82) is 0 Å². The summed E-state index contributed by atoms with van der Waals surface area (Å²) < 4.78 is 0. The van der Waals surface area contributed by atoms with Gasteiger partial charge in [-0.05, 0) is 37.7 Å². The molecule has 0 radical (unpaired) electrons. The second-order valence-corrected chi connectivity index (χ2v) is 5.21. The number of benzene rings is 1. The van der Waals surface area contributed by atoms with Crippen molar-refractivity contribution in [2.75, 3.05) is 6.61 Å². The lowest BCUT2D eigenvalue weighted by Gasteiger charge is -2.35. The van der Waals surface area contributed by atoms with Crippen molar-refractivity contribution in [2.24, 2.45) is 5.92 Å². The molecule has 0 saturated heterocycles. The molecule has 1 aromatic rings. The maximum Gasteiger partial charge on any atom is 0.0637 e. The number of aliphatic hydroxyl groups is 2. The van der Waals surface area contributed by atoms with Crippen LogP contribution in [-0.4, -0.2) is 22.9 Å². The second-order valence-electron chi connectivity index (χ2n) is 5.21. The zero-order valence-electron chi connectivity index (χ0n) is 10.5. The van der Waals surface area contributed by atoms with Gasteiger partial charge in [0.15, 0.2) is 0 Å². The van der Waals surface area contributed by atoms with Crippen LogP contribution in [0.1, 0.15) is 42.7 Å². The van der Waals surface area contributed by atoms with Crippen LogP contribution in [0.3, 0.4) is 0 Å². The lowest BCUT2D eigenvalue weighted by Crippen LogP contribution is -2.32. The molecule has 0 bridgehead atoms. The third-order valence-corrected chi connectivity index (χ3v) is 3.96. The molecular formula is C15H22O2. The van der Waals surface area contributed by atoms with Crippen LogP contribution in [0, 0.1) is 12.8 Å². The Morgan fingerprint density at radius 3 is 2.82 bits per heavy atom. The van der Waals surface area contributed by atoms with Gasteiger partial charge in [-0.3, -0.25) is 0 Å². The molecule has 2 nitrogen and oxygen atoms in total. The van der Waals surface area contributed by atoms with Crippen molar-refractivity contribution in [1.82, 2.24) is 0 Å². The van der Waals surface area contributed by atoms with E-state index in [9.17, 15) is 5.11 Å². The van der Waals surface area contributed by atoms with Crippen LogP contribution in [0.4, 0.5) is 0 Å². The van der Waals surface area contributed by atoms with Crippen molar-refractivity contribution in [3.05, 3.63) is 35.4 Å². The molecule has 0 aliphatic heterocycles. The summed E-state index contributed by atoms with van der Waals surface area (Å²) in [5.74, 6) is 0.513. The van der Waals surface area contributed by atoms with Gasteiger partial charge in [0.1, 0.15) is 0 Å². The second kappa shape index (κ2) is 5.65. The van der Waals surface area contributed by atoms with Crippen molar-refractivity contribution in [3.8, 4) is 0 Å². The summed E-state index contributed by atoms with van der Waals surface area (Å²) in [6, 6.07) is 8.44. The average Bonchev–Trinajstić information content (AvgIpc) is 2.32. The molecule has 1 aromatic carbocycles. The lowest BCUT2D eigenvalue weighted by molar-refractivity contribution is 0.0361. The van der Waals surface area contributed by atoms with E-state index in [1.165, 1.54) is 11.1 Å². The molecule has 0 heterocycles. The fraction of sp³-hybridized carbons (Fsp3) is 0.600. The quantitative estimate of drug-likeness (QED) is 0.844. The minimum atomic E-state index is -0.294. The maximum absolute atomic E-state index is 10.4. The topological polar surface area (TPSA) is 40.5 Å². The summed E-state index contributed by atoms with van der Waals surface area (Å²) in [5, 5.41) is 19.4. The Morgan fingerprint density at radius 2 is 2.12 bits per heavy atom. The van der Waals surface area contributed by atoms with Crippen molar-refractivity contribution < 1.29 is 10.2 Å². The summed E-state index contributed by atoms with van der Waals surface area (Å²) in [6.07, 6.45) is 3.69. The summed E-state index contributed by atoms with van der Waals surface area (Å²) >= 11 is 0. The molecule has 1 aliphatic carbocycles. The molecule has 2 rings (SSSR count). The van der Waals surface area contributed by atoms with E-state index >= 15 is 0 Å². The Balaban J connectivity index is 2.14. The van der Waals surface area contributed by atoms with Gasteiger partial charge >= 0.3 is 0 Å². The van der Waals surface area contributed by atoms with Gasteiger partial charge in [0.2, 0.25) is 0 Å². The first-order valence-electron chi connectivity index (χ1n) is 6.58. The van der Waals surface area contributed by atoms with Gasteiger partial charge in [0.05, 0.1) is 6.10 Å². The van der Waals surface area contributed by atoms with E-state index in [4.69, 9.17) is 5.11 Å². The van der Waals surface area contributed by atoms with Gasteiger partial charge < -0.3 is 10.2 Å². The zero-order valence-corrected chi connectivity index (χ0v) is 10.5. The molecule has 3 atom stereocenters. The van der Waals surface area contributed by atoms with E-state index in [1.807, 2.05) is 0 Å². The number of rotatable bonds is 3. The molecule has 1 fully saturated rings. The maximum atomic E-state index is 10.4. The van der Waals surface area contributed by atoms with E-state index in [1.54, 1.807) is 0 Å². The Hall–Kier alpha value is -0.860. The standard InChI is InChI=1S/C15H22O2/c1-11-4-2-6-13(10-11)14-7-3-5-12(8-9-16)15(14)17/h2,4,6,10,12,14-17H,3,5,7-9H2,1H3. The number of hydrogen-bond acceptors (Lipinski definition) is 2. The molecule has 2 N–H and O–H groups in total. The Morgan fingerprint density at radius 1 is 1.29 bits per heavy atom. The fourth-order valence-corrected chi connectivity index (χ4v) is 3.02. The van der Waals surface area contributed by atoms with Crippen LogP contribution in [0.25, 0.3) is 0 Å². The van der Waals surface area contributed by atoms with E-state index in [2.05, 4.69) is 31.2 Å². The Kier molecular flexibility index (Phi) is 4.19. The predicted octanol–water partition coefficient (Wildman–Crippen LogP) is 2.62. The first-order chi connectivity index (χ1) is 8.22. The first kappa shape index (κ1) is 12.6. The number of hydrogen-bond donors (Lipinski definition) is 2. The highest BCUT2D eigenvalue weighted by atomic mass is 16.3. The summed E-state index contributed by atoms with van der Waals surface area (Å²) in [6.45, 7) is 2.27. The van der Waals surface area contributed by atoms with E-state index in [0.29, 0.717) is 0 Å². The monoisotopic (exact) mass is 234 g/mol. The Labute approximate surface area is 103 Å². The summed E-state index contributed by atoms with van der Waals surface area (Å²) in [5.41, 5.74) is 2.50. The van der Waals surface area contributed by atoms with Crippen LogP contribution in [0.15, 0.2) is 24.3 Å². The SMILES string of the molecule is Cc1cccc(C2CCCC(CCO)C2O)c1. The van der Waals surface area contributed by atoms with Gasteiger partial charge in [0.25, 0.3) is 0 Å². The highest BCUT2D eigenvalue weighted by Gasteiger charge is 2.32. The molecule has 1 aliphatic rings. The Bertz CT molecular complexity index is 360. The van der Waals surface area contributed by atoms with Gasteiger partial charge in [-0.2, -0.15) is 0 Å². The lowest BCUT2D eigenvalue weighted by atomic mass is 9.74. The fourth-order valence-electron chi connectivity index (χ4n) is 3.02. The minimum Gasteiger partial charge on any atom is -0.396 e. The molecule has 2 heteroatoms. The molecule has 0 aromatic heterocycles. The number of aliphatic hydroxyl groups excluding tert-OH is 2. The highest BCUT2D eigenvalue weighted by molar-refractivity contribution is 5.27. The summed E-state index contributed by atoms with van der Waals surface area (Å²) in [4.78, 5) is 0. The molecular weight excluding hydrogens is 212 g/mol. The van der Waals surface area contributed by atoms with Crippen LogP contribution >= 0.6 is 0 Å². The van der Waals surface area contributed by atoms with Crippen molar-refractivity contribution >= 4 is 0 Å². The van der Waals surface area contributed by atoms with Gasteiger partial charge in [-0.25, -0.2) is 0 Å². The van der Waals surface area contributed by atoms with E-state index in [0.717, 1.165) is 25.7 Å². The first-order valence-corrected chi connectivity index (χ1v) is 6.58. The van der Waals surface area contributed by atoms with E-state index < -0.39 is 0 Å². The minimum absolute atomic E-state index is 0.183. The summed E-state index contributed by atoms with van der Waals surface area (Å²) in [7, 11) is 0. The third kappa shape index (κ3) is 2.88. The molecule has 1 saturated carbocycles. The van der Waals surface area contributed by atoms with Crippen LogP contribution < -0.4 is 0 Å². The van der Waals surface area contributed by atoms with Crippen LogP contribution in [-0.2, 0) is 0 Å². The molecule has 3 unspecified atom stereocenters. The average molecular weight is 234 g/mol. The van der Waals surface area contributed by atoms with Crippen LogP contribution in [0.5, 0.6) is 0 Å². The van der Waals surface area contributed by atoms with Crippen molar-refractivity contribution in [3.63, 3.8) is 0 Å². The molecule has 0 amide bonds. The largest absolute Gasteiger partial charge is 0.396 e. The predicted molar refractivity (Wildman–Crippen MR) is 69.0 cm³/mol. The van der Waals surface area contributed by atoms with E-state index in [-0.39, 0.29) is 24.5 Å². The zero-order chi connectivity index (χ0) is 12.3. The highest BCUT2D eigenvalue weighted by Crippen LogP contribution is 2.37. The van der Waals surface area contributed by atoms with Crippen LogP contribution in [0.2, 0.25) is 0 Å². The molecule has 94 valence electrons. The van der Waals surface area contributed by atoms with Gasteiger partial charge in [0, 0.05) is 12.5 Å². The van der Waals surface area contributed by atoms with Gasteiger partial charge in [-0.1, -0.05) is 36.2 Å². The normalized spacial score (nSPS) is 29.2. The van der Waals surface area contributed by atoms with Gasteiger partial charge in [-0.15, -0.1) is 0 Å². The molecule has 0 spiro atoms. The third-order valence-electron chi connectivity index (χ3n) is 3.96. The smallest absolute Gasteiger partial charge is 0.0637 e. The molecule has 17 heavy (non-hydrogen) atoms. The number of aryl methyl sites for hydroxylation is 1. The van der Waals surface area contributed by atoms with Crippen molar-refractivity contribution in [2.45, 2.75) is 44.6 Å².